The van der Waals surface area contributed by atoms with Gasteiger partial charge in [0.2, 0.25) is 0 Å². The van der Waals surface area contributed by atoms with Gasteiger partial charge in [-0.3, -0.25) is 0 Å². The molecule has 2 bridgehead atoms. The number of rotatable bonds is 5. The van der Waals surface area contributed by atoms with Crippen molar-refractivity contribution in [2.45, 2.75) is 44.9 Å². The summed E-state index contributed by atoms with van der Waals surface area (Å²) < 4.78 is 0. The summed E-state index contributed by atoms with van der Waals surface area (Å²) in [4.78, 5) is 0. The average Bonchev–Trinajstić information content (AvgIpc) is 1.81. The van der Waals surface area contributed by atoms with Crippen LogP contribution in [-0.2, 0) is 0 Å². The van der Waals surface area contributed by atoms with Gasteiger partial charge >= 0.3 is 0 Å². The Bertz CT molecular complexity index is 125. The number of nitrogens with two attached hydrogens (primary N) is 1. The molecule has 0 aromatic rings. The maximum absolute atomic E-state index is 5.43. The molecule has 0 aliphatic heterocycles. The number of hydrogen-bond donors (Lipinski definition) is 1. The summed E-state index contributed by atoms with van der Waals surface area (Å²) >= 11 is 0. The molecule has 1 heteroatoms. The van der Waals surface area contributed by atoms with E-state index < -0.39 is 0 Å². The Labute approximate surface area is 69.4 Å². The van der Waals surface area contributed by atoms with Gasteiger partial charge in [-0.2, -0.15) is 0 Å². The van der Waals surface area contributed by atoms with Crippen molar-refractivity contribution in [1.82, 2.24) is 0 Å². The molecule has 0 spiro atoms. The quantitative estimate of drug-likeness (QED) is 0.603. The summed E-state index contributed by atoms with van der Waals surface area (Å²) in [5.41, 5.74) is 6.31. The predicted molar refractivity (Wildman–Crippen MR) is 47.3 cm³/mol. The highest BCUT2D eigenvalue weighted by molar-refractivity contribution is 5.06. The number of hydrogen-bond acceptors (Lipinski definition) is 1. The van der Waals surface area contributed by atoms with Gasteiger partial charge in [0.05, 0.1) is 0 Å². The maximum Gasteiger partial charge on any atom is -0.00773 e. The molecule has 3 aliphatic rings. The molecular formula is C10H19N. The summed E-state index contributed by atoms with van der Waals surface area (Å²) in [6.07, 6.45) is 10.2. The second-order valence-corrected chi connectivity index (χ2v) is 4.58. The van der Waals surface area contributed by atoms with Gasteiger partial charge in [-0.1, -0.05) is 12.8 Å². The second kappa shape index (κ2) is 2.78. The summed E-state index contributed by atoms with van der Waals surface area (Å²) in [6, 6.07) is 0. The zero-order valence-electron chi connectivity index (χ0n) is 7.31. The molecule has 0 saturated heterocycles. The standard InChI is InChI=1S/C10H19N/c11-5-3-1-2-4-10-6-9(7-10)8-10/h9H,1-8,11H2. The molecule has 0 unspecified atom stereocenters. The van der Waals surface area contributed by atoms with Crippen LogP contribution in [0.15, 0.2) is 0 Å². The van der Waals surface area contributed by atoms with E-state index in [2.05, 4.69) is 0 Å². The monoisotopic (exact) mass is 153 g/mol. The third-order valence-electron chi connectivity index (χ3n) is 3.58. The van der Waals surface area contributed by atoms with Gasteiger partial charge in [-0.15, -0.1) is 0 Å². The van der Waals surface area contributed by atoms with E-state index in [0.29, 0.717) is 0 Å². The first-order valence-electron chi connectivity index (χ1n) is 5.05. The SMILES string of the molecule is NCCCCCC12CC(C1)C2. The van der Waals surface area contributed by atoms with Crippen molar-refractivity contribution in [3.63, 3.8) is 0 Å². The van der Waals surface area contributed by atoms with E-state index in [9.17, 15) is 0 Å². The lowest BCUT2D eigenvalue weighted by molar-refractivity contribution is -0.113. The van der Waals surface area contributed by atoms with Crippen molar-refractivity contribution in [1.29, 1.82) is 0 Å². The molecule has 3 fully saturated rings. The molecule has 3 aliphatic carbocycles. The van der Waals surface area contributed by atoms with Crippen LogP contribution in [0.25, 0.3) is 0 Å². The van der Waals surface area contributed by atoms with Crippen LogP contribution in [0.5, 0.6) is 0 Å². The Morgan fingerprint density at radius 3 is 2.27 bits per heavy atom. The fraction of sp³-hybridized carbons (Fsp3) is 1.00. The smallest absolute Gasteiger partial charge is 0.00773 e. The highest BCUT2D eigenvalue weighted by atomic mass is 14.6. The molecule has 11 heavy (non-hydrogen) atoms. The van der Waals surface area contributed by atoms with E-state index in [1.165, 1.54) is 25.7 Å². The van der Waals surface area contributed by atoms with Gasteiger partial charge in [-0.25, -0.2) is 0 Å². The van der Waals surface area contributed by atoms with Crippen molar-refractivity contribution in [2.75, 3.05) is 6.54 Å². The van der Waals surface area contributed by atoms with Crippen molar-refractivity contribution in [2.24, 2.45) is 17.1 Å². The summed E-state index contributed by atoms with van der Waals surface area (Å²) in [6.45, 7) is 0.885. The van der Waals surface area contributed by atoms with Crippen molar-refractivity contribution >= 4 is 0 Å². The summed E-state index contributed by atoms with van der Waals surface area (Å²) in [5.74, 6) is 1.16. The molecule has 3 rings (SSSR count). The van der Waals surface area contributed by atoms with Crippen LogP contribution in [0.3, 0.4) is 0 Å². The van der Waals surface area contributed by atoms with Gasteiger partial charge in [0, 0.05) is 0 Å². The van der Waals surface area contributed by atoms with Crippen LogP contribution in [0, 0.1) is 11.3 Å². The van der Waals surface area contributed by atoms with Crippen LogP contribution in [0.2, 0.25) is 0 Å². The Morgan fingerprint density at radius 1 is 1.09 bits per heavy atom. The Morgan fingerprint density at radius 2 is 1.82 bits per heavy atom. The molecule has 0 radical (unpaired) electrons. The van der Waals surface area contributed by atoms with Gasteiger partial charge in [0.15, 0.2) is 0 Å². The van der Waals surface area contributed by atoms with E-state index in [-0.39, 0.29) is 0 Å². The second-order valence-electron chi connectivity index (χ2n) is 4.58. The minimum absolute atomic E-state index is 0.874. The molecule has 0 atom stereocenters. The van der Waals surface area contributed by atoms with Gasteiger partial charge in [0.1, 0.15) is 0 Å². The van der Waals surface area contributed by atoms with Gasteiger partial charge < -0.3 is 5.73 Å². The fourth-order valence-electron chi connectivity index (χ4n) is 2.79. The molecule has 1 nitrogen and oxygen atoms in total. The fourth-order valence-corrected chi connectivity index (χ4v) is 2.79. The van der Waals surface area contributed by atoms with E-state index in [1.54, 1.807) is 19.3 Å². The normalized spacial score (nSPS) is 39.5. The van der Waals surface area contributed by atoms with Crippen molar-refractivity contribution in [3.05, 3.63) is 0 Å². The first-order valence-corrected chi connectivity index (χ1v) is 5.05. The minimum atomic E-state index is 0.874. The molecular weight excluding hydrogens is 134 g/mol. The molecule has 0 heterocycles. The van der Waals surface area contributed by atoms with E-state index in [4.69, 9.17) is 5.73 Å². The van der Waals surface area contributed by atoms with E-state index in [0.717, 1.165) is 17.9 Å². The molecule has 2 N–H and O–H groups in total. The summed E-state index contributed by atoms with van der Waals surface area (Å²) in [7, 11) is 0. The Kier molecular flexibility index (Phi) is 1.92. The first-order chi connectivity index (χ1) is 5.35. The van der Waals surface area contributed by atoms with Crippen LogP contribution in [0.4, 0.5) is 0 Å². The predicted octanol–water partition coefficient (Wildman–Crippen LogP) is 2.31. The Balaban J connectivity index is 1.53. The zero-order valence-corrected chi connectivity index (χ0v) is 7.31. The van der Waals surface area contributed by atoms with Gasteiger partial charge in [-0.05, 0) is 50.0 Å². The topological polar surface area (TPSA) is 26.0 Å². The Hall–Kier alpha value is -0.0400. The molecule has 0 aromatic carbocycles. The molecule has 0 aromatic heterocycles. The van der Waals surface area contributed by atoms with E-state index >= 15 is 0 Å². The highest BCUT2D eigenvalue weighted by Crippen LogP contribution is 2.66. The maximum atomic E-state index is 5.43. The van der Waals surface area contributed by atoms with Crippen LogP contribution < -0.4 is 5.73 Å². The van der Waals surface area contributed by atoms with Gasteiger partial charge in [0.25, 0.3) is 0 Å². The van der Waals surface area contributed by atoms with E-state index in [1.807, 2.05) is 0 Å². The third-order valence-corrected chi connectivity index (χ3v) is 3.58. The van der Waals surface area contributed by atoms with Crippen LogP contribution in [-0.4, -0.2) is 6.54 Å². The molecule has 64 valence electrons. The van der Waals surface area contributed by atoms with Crippen LogP contribution >= 0.6 is 0 Å². The lowest BCUT2D eigenvalue weighted by Gasteiger charge is -2.62. The lowest BCUT2D eigenvalue weighted by atomic mass is 9.43. The van der Waals surface area contributed by atoms with Crippen molar-refractivity contribution < 1.29 is 0 Å². The zero-order chi connectivity index (χ0) is 7.73. The highest BCUT2D eigenvalue weighted by Gasteiger charge is 2.55. The largest absolute Gasteiger partial charge is 0.330 e. The lowest BCUT2D eigenvalue weighted by Crippen LogP contribution is -2.51. The number of unbranched alkanes of at least 4 members (excludes halogenated alkanes) is 2. The average molecular weight is 153 g/mol. The first kappa shape index (κ1) is 7.60. The van der Waals surface area contributed by atoms with Crippen LogP contribution in [0.1, 0.15) is 44.9 Å². The molecule has 3 saturated carbocycles. The third kappa shape index (κ3) is 1.31. The minimum Gasteiger partial charge on any atom is -0.330 e. The van der Waals surface area contributed by atoms with Crippen molar-refractivity contribution in [3.8, 4) is 0 Å². The molecule has 0 amide bonds. The summed E-state index contributed by atoms with van der Waals surface area (Å²) in [5, 5.41) is 0.